The Morgan fingerprint density at radius 3 is 2.76 bits per heavy atom. The van der Waals surface area contributed by atoms with Gasteiger partial charge in [0, 0.05) is 26.7 Å². The summed E-state index contributed by atoms with van der Waals surface area (Å²) in [5, 5.41) is 7.00. The molecule has 1 aromatic heterocycles. The molecule has 0 radical (unpaired) electrons. The molecule has 1 aliphatic rings. The molecule has 2 N–H and O–H groups in total. The number of halogens is 1. The highest BCUT2D eigenvalue weighted by Gasteiger charge is 2.21. The number of anilines is 1. The van der Waals surface area contributed by atoms with Gasteiger partial charge >= 0.3 is 0 Å². The van der Waals surface area contributed by atoms with Crippen LogP contribution in [0.2, 0.25) is 0 Å². The van der Waals surface area contributed by atoms with E-state index in [4.69, 9.17) is 4.99 Å². The average molecular weight is 459 g/mol. The van der Waals surface area contributed by atoms with Gasteiger partial charge in [-0.05, 0) is 37.8 Å². The summed E-state index contributed by atoms with van der Waals surface area (Å²) in [6.45, 7) is 5.88. The molecular formula is C19H34IN5. The van der Waals surface area contributed by atoms with Crippen LogP contribution >= 0.6 is 24.0 Å². The first kappa shape index (κ1) is 22.0. The molecule has 1 aliphatic carbocycles. The second-order valence-corrected chi connectivity index (χ2v) is 6.86. The molecular weight excluding hydrogens is 425 g/mol. The van der Waals surface area contributed by atoms with Crippen molar-refractivity contribution in [3.8, 4) is 0 Å². The normalized spacial score (nSPS) is 20.6. The molecule has 0 bridgehead atoms. The zero-order valence-corrected chi connectivity index (χ0v) is 18.4. The minimum absolute atomic E-state index is 0. The molecule has 25 heavy (non-hydrogen) atoms. The van der Waals surface area contributed by atoms with Crippen molar-refractivity contribution >= 4 is 35.8 Å². The summed E-state index contributed by atoms with van der Waals surface area (Å²) in [7, 11) is 4.02. The Kier molecular flexibility index (Phi) is 10.2. The number of pyridine rings is 1. The lowest BCUT2D eigenvalue weighted by Gasteiger charge is -2.30. The number of aromatic nitrogens is 1. The summed E-state index contributed by atoms with van der Waals surface area (Å²) in [4.78, 5) is 11.4. The van der Waals surface area contributed by atoms with E-state index in [2.05, 4.69) is 29.5 Å². The molecule has 2 rings (SSSR count). The lowest BCUT2D eigenvalue weighted by Crippen LogP contribution is -2.45. The number of hydrogen-bond acceptors (Lipinski definition) is 3. The summed E-state index contributed by atoms with van der Waals surface area (Å²) in [6.07, 6.45) is 6.49. The zero-order valence-electron chi connectivity index (χ0n) is 16.1. The van der Waals surface area contributed by atoms with Crippen molar-refractivity contribution in [3.63, 3.8) is 0 Å². The third-order valence-electron chi connectivity index (χ3n) is 4.69. The van der Waals surface area contributed by atoms with E-state index in [1.54, 1.807) is 0 Å². The van der Waals surface area contributed by atoms with Crippen LogP contribution in [0, 0.1) is 5.92 Å². The Morgan fingerprint density at radius 2 is 2.08 bits per heavy atom. The van der Waals surface area contributed by atoms with Gasteiger partial charge in [0.25, 0.3) is 0 Å². The van der Waals surface area contributed by atoms with Crippen molar-refractivity contribution in [1.82, 2.24) is 15.6 Å². The Bertz CT molecular complexity index is 532. The van der Waals surface area contributed by atoms with Gasteiger partial charge in [-0.1, -0.05) is 32.3 Å². The van der Waals surface area contributed by atoms with Crippen molar-refractivity contribution in [2.24, 2.45) is 10.9 Å². The van der Waals surface area contributed by atoms with Crippen molar-refractivity contribution in [1.29, 1.82) is 0 Å². The summed E-state index contributed by atoms with van der Waals surface area (Å²) in [6, 6.07) is 6.64. The van der Waals surface area contributed by atoms with E-state index in [1.807, 2.05) is 37.2 Å². The third kappa shape index (κ3) is 7.38. The summed E-state index contributed by atoms with van der Waals surface area (Å²) in [5.74, 6) is 2.74. The molecule has 0 aliphatic heterocycles. The molecule has 0 saturated heterocycles. The fourth-order valence-corrected chi connectivity index (χ4v) is 3.27. The maximum absolute atomic E-state index is 4.74. The molecule has 1 heterocycles. The van der Waals surface area contributed by atoms with Gasteiger partial charge in [-0.25, -0.2) is 9.98 Å². The minimum atomic E-state index is 0. The van der Waals surface area contributed by atoms with Gasteiger partial charge in [0.05, 0.1) is 12.2 Å². The number of aliphatic imine (C=N–C) groups is 1. The van der Waals surface area contributed by atoms with Crippen LogP contribution in [0.3, 0.4) is 0 Å². The van der Waals surface area contributed by atoms with Crippen molar-refractivity contribution in [3.05, 3.63) is 23.9 Å². The molecule has 142 valence electrons. The van der Waals surface area contributed by atoms with Crippen LogP contribution in [0.25, 0.3) is 0 Å². The molecule has 2 unspecified atom stereocenters. The molecule has 0 amide bonds. The maximum atomic E-state index is 4.74. The van der Waals surface area contributed by atoms with Crippen LogP contribution in [0.1, 0.15) is 51.6 Å². The standard InChI is InChI=1S/C19H33N5.HI/c1-5-15-9-7-10-16(13-15)23-19(20-6-2)21-14-17-11-8-12-18(22-17)24(3)4;/h8,11-12,15-16H,5-7,9-10,13-14H2,1-4H3,(H2,20,21,23);1H. The van der Waals surface area contributed by atoms with Crippen molar-refractivity contribution < 1.29 is 0 Å². The number of hydrogen-bond donors (Lipinski definition) is 2. The summed E-state index contributed by atoms with van der Waals surface area (Å²) in [5.41, 5.74) is 0.994. The molecule has 6 heteroatoms. The number of nitrogens with one attached hydrogen (secondary N) is 2. The number of rotatable bonds is 6. The van der Waals surface area contributed by atoms with Crippen LogP contribution in [0.4, 0.5) is 5.82 Å². The minimum Gasteiger partial charge on any atom is -0.363 e. The Balaban J connectivity index is 0.00000312. The Labute approximate surface area is 170 Å². The Hall–Kier alpha value is -1.05. The lowest BCUT2D eigenvalue weighted by molar-refractivity contribution is 0.298. The third-order valence-corrected chi connectivity index (χ3v) is 4.69. The highest BCUT2D eigenvalue weighted by atomic mass is 127. The molecule has 1 aromatic rings. The smallest absolute Gasteiger partial charge is 0.191 e. The van der Waals surface area contributed by atoms with Crippen LogP contribution in [-0.4, -0.2) is 37.6 Å². The van der Waals surface area contributed by atoms with Gasteiger partial charge in [-0.15, -0.1) is 24.0 Å². The molecule has 0 aromatic carbocycles. The van der Waals surface area contributed by atoms with E-state index in [1.165, 1.54) is 32.1 Å². The van der Waals surface area contributed by atoms with Crippen LogP contribution in [0.15, 0.2) is 23.2 Å². The van der Waals surface area contributed by atoms with E-state index in [0.29, 0.717) is 12.6 Å². The number of nitrogens with zero attached hydrogens (tertiary/aromatic N) is 3. The van der Waals surface area contributed by atoms with Gasteiger partial charge < -0.3 is 15.5 Å². The van der Waals surface area contributed by atoms with Crippen LogP contribution in [-0.2, 0) is 6.54 Å². The second-order valence-electron chi connectivity index (χ2n) is 6.86. The fraction of sp³-hybridized carbons (Fsp3) is 0.684. The van der Waals surface area contributed by atoms with E-state index in [9.17, 15) is 0 Å². The van der Waals surface area contributed by atoms with E-state index in [0.717, 1.165) is 29.9 Å². The molecule has 1 fully saturated rings. The quantitative estimate of drug-likeness (QED) is 0.386. The first-order valence-corrected chi connectivity index (χ1v) is 9.30. The van der Waals surface area contributed by atoms with E-state index >= 15 is 0 Å². The van der Waals surface area contributed by atoms with Crippen molar-refractivity contribution in [2.75, 3.05) is 25.5 Å². The predicted octanol–water partition coefficient (Wildman–Crippen LogP) is 3.79. The van der Waals surface area contributed by atoms with Crippen LogP contribution in [0.5, 0.6) is 0 Å². The molecule has 1 saturated carbocycles. The maximum Gasteiger partial charge on any atom is 0.191 e. The van der Waals surface area contributed by atoms with Gasteiger partial charge in [0.1, 0.15) is 5.82 Å². The van der Waals surface area contributed by atoms with Gasteiger partial charge in [-0.2, -0.15) is 0 Å². The monoisotopic (exact) mass is 459 g/mol. The Morgan fingerprint density at radius 1 is 1.28 bits per heavy atom. The fourth-order valence-electron chi connectivity index (χ4n) is 3.27. The van der Waals surface area contributed by atoms with Crippen LogP contribution < -0.4 is 15.5 Å². The van der Waals surface area contributed by atoms with Crippen molar-refractivity contribution in [2.45, 2.75) is 58.5 Å². The molecule has 0 spiro atoms. The van der Waals surface area contributed by atoms with E-state index in [-0.39, 0.29) is 24.0 Å². The highest BCUT2D eigenvalue weighted by molar-refractivity contribution is 14.0. The molecule has 2 atom stereocenters. The van der Waals surface area contributed by atoms with E-state index < -0.39 is 0 Å². The lowest BCUT2D eigenvalue weighted by atomic mass is 9.84. The predicted molar refractivity (Wildman–Crippen MR) is 118 cm³/mol. The number of guanidine groups is 1. The average Bonchev–Trinajstić information content (AvgIpc) is 2.60. The molecule has 5 nitrogen and oxygen atoms in total. The largest absolute Gasteiger partial charge is 0.363 e. The summed E-state index contributed by atoms with van der Waals surface area (Å²) < 4.78 is 0. The first-order chi connectivity index (χ1) is 11.6. The van der Waals surface area contributed by atoms with Gasteiger partial charge in [0.15, 0.2) is 5.96 Å². The zero-order chi connectivity index (χ0) is 17.4. The van der Waals surface area contributed by atoms with Gasteiger partial charge in [0.2, 0.25) is 0 Å². The van der Waals surface area contributed by atoms with Gasteiger partial charge in [-0.3, -0.25) is 0 Å². The summed E-state index contributed by atoms with van der Waals surface area (Å²) >= 11 is 0. The topological polar surface area (TPSA) is 52.6 Å². The highest BCUT2D eigenvalue weighted by Crippen LogP contribution is 2.26. The SMILES string of the molecule is CCNC(=NCc1cccc(N(C)C)n1)NC1CCCC(CC)C1.I. The first-order valence-electron chi connectivity index (χ1n) is 9.30. The second kappa shape index (κ2) is 11.5.